The zero-order valence-corrected chi connectivity index (χ0v) is 13.6. The molecule has 0 spiro atoms. The van der Waals surface area contributed by atoms with Crippen molar-refractivity contribution in [2.75, 3.05) is 39.8 Å². The molecule has 4 heteroatoms. The molecule has 1 aliphatic rings. The van der Waals surface area contributed by atoms with Gasteiger partial charge in [-0.1, -0.05) is 25.1 Å². The van der Waals surface area contributed by atoms with E-state index in [1.165, 1.54) is 18.5 Å². The molecule has 0 aliphatic carbocycles. The second kappa shape index (κ2) is 7.78. The number of methoxy groups -OCH3 is 1. The molecule has 0 aromatic heterocycles. The number of ether oxygens (including phenoxy) is 1. The number of para-hydroxylation sites is 1. The van der Waals surface area contributed by atoms with Crippen molar-refractivity contribution >= 4 is 0 Å². The minimum absolute atomic E-state index is 0.0824. The predicted molar refractivity (Wildman–Crippen MR) is 87.7 cm³/mol. The molecule has 4 nitrogen and oxygen atoms in total. The highest BCUT2D eigenvalue weighted by Crippen LogP contribution is 2.31. The van der Waals surface area contributed by atoms with Gasteiger partial charge in [-0.3, -0.25) is 4.90 Å². The van der Waals surface area contributed by atoms with E-state index < -0.39 is 0 Å². The van der Waals surface area contributed by atoms with Gasteiger partial charge in [-0.15, -0.1) is 0 Å². The van der Waals surface area contributed by atoms with Gasteiger partial charge in [0.15, 0.2) is 0 Å². The summed E-state index contributed by atoms with van der Waals surface area (Å²) in [6.07, 6.45) is 1.23. The predicted octanol–water partition coefficient (Wildman–Crippen LogP) is 2.11. The van der Waals surface area contributed by atoms with E-state index in [-0.39, 0.29) is 12.1 Å². The van der Waals surface area contributed by atoms with Crippen LogP contribution in [0.2, 0.25) is 0 Å². The van der Waals surface area contributed by atoms with Gasteiger partial charge in [-0.2, -0.15) is 0 Å². The van der Waals surface area contributed by atoms with Crippen LogP contribution < -0.4 is 10.5 Å². The Bertz CT molecular complexity index is 428. The molecule has 2 unspecified atom stereocenters. The van der Waals surface area contributed by atoms with Crippen molar-refractivity contribution in [2.45, 2.75) is 32.4 Å². The minimum Gasteiger partial charge on any atom is -0.496 e. The molecule has 2 rings (SSSR count). The van der Waals surface area contributed by atoms with Crippen molar-refractivity contribution in [3.8, 4) is 5.75 Å². The van der Waals surface area contributed by atoms with Crippen LogP contribution in [0.5, 0.6) is 5.75 Å². The highest BCUT2D eigenvalue weighted by molar-refractivity contribution is 5.36. The lowest BCUT2D eigenvalue weighted by Gasteiger charge is -2.41. The average Bonchev–Trinajstić information content (AvgIpc) is 2.50. The maximum Gasteiger partial charge on any atom is 0.123 e. The summed E-state index contributed by atoms with van der Waals surface area (Å²) in [6.45, 7) is 9.94. The summed E-state index contributed by atoms with van der Waals surface area (Å²) in [7, 11) is 1.73. The van der Waals surface area contributed by atoms with Crippen LogP contribution >= 0.6 is 0 Å². The molecule has 0 radical (unpaired) electrons. The molecule has 118 valence electrons. The molecule has 1 aromatic carbocycles. The number of nitrogens with two attached hydrogens (primary N) is 1. The molecule has 0 bridgehead atoms. The van der Waals surface area contributed by atoms with E-state index in [2.05, 4.69) is 35.8 Å². The molecular formula is C17H29N3O. The first-order valence-corrected chi connectivity index (χ1v) is 8.02. The first-order valence-electron chi connectivity index (χ1n) is 8.02. The Kier molecular flexibility index (Phi) is 6.03. The van der Waals surface area contributed by atoms with Gasteiger partial charge in [0.2, 0.25) is 0 Å². The second-order valence-electron chi connectivity index (χ2n) is 5.92. The van der Waals surface area contributed by atoms with Crippen LogP contribution in [0.1, 0.15) is 31.9 Å². The fourth-order valence-electron chi connectivity index (χ4n) is 3.30. The van der Waals surface area contributed by atoms with Gasteiger partial charge in [-0.25, -0.2) is 0 Å². The van der Waals surface area contributed by atoms with Crippen molar-refractivity contribution in [3.05, 3.63) is 29.8 Å². The molecular weight excluding hydrogens is 262 g/mol. The zero-order chi connectivity index (χ0) is 15.2. The Morgan fingerprint density at radius 2 is 1.86 bits per heavy atom. The summed E-state index contributed by atoms with van der Waals surface area (Å²) in [5.41, 5.74) is 7.51. The topological polar surface area (TPSA) is 41.7 Å². The Labute approximate surface area is 128 Å². The van der Waals surface area contributed by atoms with E-state index in [4.69, 9.17) is 10.5 Å². The molecule has 0 saturated carbocycles. The quantitative estimate of drug-likeness (QED) is 0.871. The molecule has 1 aromatic rings. The average molecular weight is 291 g/mol. The summed E-state index contributed by atoms with van der Waals surface area (Å²) in [6, 6.07) is 8.56. The Morgan fingerprint density at radius 1 is 1.19 bits per heavy atom. The molecule has 2 N–H and O–H groups in total. The largest absolute Gasteiger partial charge is 0.496 e. The van der Waals surface area contributed by atoms with Crippen LogP contribution in [-0.4, -0.2) is 55.7 Å². The molecule has 0 amide bonds. The first-order chi connectivity index (χ1) is 10.2. The molecule has 1 heterocycles. The molecule has 2 atom stereocenters. The van der Waals surface area contributed by atoms with Gasteiger partial charge in [0.05, 0.1) is 13.2 Å². The number of piperazine rings is 1. The normalized spacial score (nSPS) is 20.2. The van der Waals surface area contributed by atoms with E-state index in [0.29, 0.717) is 0 Å². The van der Waals surface area contributed by atoms with Crippen molar-refractivity contribution in [2.24, 2.45) is 5.73 Å². The number of benzene rings is 1. The fraction of sp³-hybridized carbons (Fsp3) is 0.647. The van der Waals surface area contributed by atoms with Gasteiger partial charge in [0.25, 0.3) is 0 Å². The summed E-state index contributed by atoms with van der Waals surface area (Å²) < 4.78 is 5.53. The Hall–Kier alpha value is -1.10. The fourth-order valence-corrected chi connectivity index (χ4v) is 3.30. The van der Waals surface area contributed by atoms with Crippen molar-refractivity contribution in [3.63, 3.8) is 0 Å². The van der Waals surface area contributed by atoms with Crippen LogP contribution in [0.15, 0.2) is 24.3 Å². The molecule has 1 fully saturated rings. The maximum atomic E-state index is 6.31. The third-order valence-electron chi connectivity index (χ3n) is 4.30. The number of rotatable bonds is 6. The highest BCUT2D eigenvalue weighted by Gasteiger charge is 2.29. The smallest absolute Gasteiger partial charge is 0.123 e. The molecule has 1 aliphatic heterocycles. The van der Waals surface area contributed by atoms with Gasteiger partial charge < -0.3 is 15.4 Å². The van der Waals surface area contributed by atoms with Crippen molar-refractivity contribution in [1.29, 1.82) is 0 Å². The van der Waals surface area contributed by atoms with E-state index in [1.807, 2.05) is 12.1 Å². The summed E-state index contributed by atoms with van der Waals surface area (Å²) in [5.74, 6) is 0.941. The minimum atomic E-state index is 0.0824. The highest BCUT2D eigenvalue weighted by atomic mass is 16.5. The van der Waals surface area contributed by atoms with Gasteiger partial charge >= 0.3 is 0 Å². The van der Waals surface area contributed by atoms with Crippen LogP contribution in [-0.2, 0) is 0 Å². The number of hydrogen-bond donors (Lipinski definition) is 1. The van der Waals surface area contributed by atoms with Gasteiger partial charge in [0, 0.05) is 37.8 Å². The van der Waals surface area contributed by atoms with Crippen molar-refractivity contribution < 1.29 is 4.74 Å². The lowest BCUT2D eigenvalue weighted by atomic mass is 9.97. The number of hydrogen-bond acceptors (Lipinski definition) is 4. The zero-order valence-electron chi connectivity index (χ0n) is 13.6. The van der Waals surface area contributed by atoms with Crippen LogP contribution in [0, 0.1) is 0 Å². The standard InChI is InChI=1S/C17H29N3O/c1-4-9-19-10-12-20(13-11-19)17(14(2)18)15-7-5-6-8-16(15)21-3/h5-8,14,17H,4,9-13,18H2,1-3H3. The van der Waals surface area contributed by atoms with E-state index in [0.717, 1.165) is 31.9 Å². The summed E-state index contributed by atoms with van der Waals surface area (Å²) >= 11 is 0. The van der Waals surface area contributed by atoms with Gasteiger partial charge in [-0.05, 0) is 26.0 Å². The summed E-state index contributed by atoms with van der Waals surface area (Å²) in [5, 5.41) is 0. The SMILES string of the molecule is CCCN1CCN(C(c2ccccc2OC)C(C)N)CC1. The van der Waals surface area contributed by atoms with E-state index >= 15 is 0 Å². The monoisotopic (exact) mass is 291 g/mol. The summed E-state index contributed by atoms with van der Waals surface area (Å²) in [4.78, 5) is 5.05. The Balaban J connectivity index is 2.13. The van der Waals surface area contributed by atoms with Gasteiger partial charge in [0.1, 0.15) is 5.75 Å². The maximum absolute atomic E-state index is 6.31. The third kappa shape index (κ3) is 3.96. The third-order valence-corrected chi connectivity index (χ3v) is 4.30. The first kappa shape index (κ1) is 16.3. The lowest BCUT2D eigenvalue weighted by Crippen LogP contribution is -2.51. The van der Waals surface area contributed by atoms with Crippen LogP contribution in [0.3, 0.4) is 0 Å². The van der Waals surface area contributed by atoms with E-state index in [9.17, 15) is 0 Å². The number of nitrogens with zero attached hydrogens (tertiary/aromatic N) is 2. The van der Waals surface area contributed by atoms with Crippen molar-refractivity contribution in [1.82, 2.24) is 9.80 Å². The molecule has 21 heavy (non-hydrogen) atoms. The van der Waals surface area contributed by atoms with E-state index in [1.54, 1.807) is 7.11 Å². The second-order valence-corrected chi connectivity index (χ2v) is 5.92. The van der Waals surface area contributed by atoms with Crippen LogP contribution in [0.25, 0.3) is 0 Å². The van der Waals surface area contributed by atoms with Crippen LogP contribution in [0.4, 0.5) is 0 Å². The lowest BCUT2D eigenvalue weighted by molar-refractivity contribution is 0.0857. The molecule has 1 saturated heterocycles. The Morgan fingerprint density at radius 3 is 2.43 bits per heavy atom.